The fraction of sp³-hybridized carbons (Fsp3) is 0.158. The van der Waals surface area contributed by atoms with Crippen LogP contribution in [-0.2, 0) is 9.53 Å². The van der Waals surface area contributed by atoms with Crippen LogP contribution in [0.1, 0.15) is 29.1 Å². The molecule has 0 fully saturated rings. The van der Waals surface area contributed by atoms with Crippen LogP contribution in [0.4, 0.5) is 8.78 Å². The highest BCUT2D eigenvalue weighted by Crippen LogP contribution is 2.23. The number of carbonyl (C=O) groups is 2. The van der Waals surface area contributed by atoms with Crippen LogP contribution in [0.15, 0.2) is 52.9 Å². The molecule has 1 N–H and O–H groups in total. The number of carbonyl (C=O) groups excluding carboxylic acids is 2. The molecule has 2 aromatic carbocycles. The molecule has 3 aromatic rings. The highest BCUT2D eigenvalue weighted by molar-refractivity contribution is 5.91. The predicted molar refractivity (Wildman–Crippen MR) is 89.4 cm³/mol. The minimum Gasteiger partial charge on any atom is -0.459 e. The average molecular weight is 359 g/mol. The van der Waals surface area contributed by atoms with Crippen molar-refractivity contribution >= 4 is 22.8 Å². The van der Waals surface area contributed by atoms with Crippen LogP contribution in [0, 0.1) is 11.6 Å². The molecule has 1 atom stereocenters. The zero-order chi connectivity index (χ0) is 18.7. The predicted octanol–water partition coefficient (Wildman–Crippen LogP) is 3.75. The van der Waals surface area contributed by atoms with Crippen molar-refractivity contribution in [1.29, 1.82) is 0 Å². The first-order valence-corrected chi connectivity index (χ1v) is 7.84. The lowest BCUT2D eigenvalue weighted by Gasteiger charge is -2.11. The topological polar surface area (TPSA) is 68.5 Å². The minimum absolute atomic E-state index is 0.179. The largest absolute Gasteiger partial charge is 0.459 e. The Bertz CT molecular complexity index is 934. The van der Waals surface area contributed by atoms with Crippen LogP contribution in [0.5, 0.6) is 0 Å². The highest BCUT2D eigenvalue weighted by Gasteiger charge is 2.17. The van der Waals surface area contributed by atoms with Gasteiger partial charge in [0.25, 0.3) is 5.91 Å². The van der Waals surface area contributed by atoms with Crippen LogP contribution in [-0.4, -0.2) is 18.5 Å². The summed E-state index contributed by atoms with van der Waals surface area (Å²) in [6, 6.07) is 11.4. The van der Waals surface area contributed by atoms with E-state index in [-0.39, 0.29) is 5.56 Å². The summed E-state index contributed by atoms with van der Waals surface area (Å²) in [5.74, 6) is -3.14. The lowest BCUT2D eigenvalue weighted by Crippen LogP contribution is -2.31. The first-order chi connectivity index (χ1) is 12.4. The Morgan fingerprint density at radius 2 is 1.88 bits per heavy atom. The Kier molecular flexibility index (Phi) is 4.97. The Balaban J connectivity index is 1.56. The standard InChI is InChI=1S/C19H15F2NO4/c1-11(17-9-12-4-2-3-5-16(12)26-17)22-18(23)10-25-19(24)13-6-7-14(20)15(21)8-13/h2-9,11H,10H2,1H3,(H,22,23)/t11-/m1/s1. The molecular weight excluding hydrogens is 344 g/mol. The van der Waals surface area contributed by atoms with Crippen molar-refractivity contribution in [1.82, 2.24) is 5.32 Å². The second kappa shape index (κ2) is 7.35. The van der Waals surface area contributed by atoms with Gasteiger partial charge in [-0.1, -0.05) is 18.2 Å². The van der Waals surface area contributed by atoms with Crippen molar-refractivity contribution in [3.63, 3.8) is 0 Å². The average Bonchev–Trinajstić information content (AvgIpc) is 3.06. The van der Waals surface area contributed by atoms with E-state index in [1.807, 2.05) is 30.3 Å². The molecular formula is C19H15F2NO4. The molecule has 0 saturated heterocycles. The van der Waals surface area contributed by atoms with Crippen molar-refractivity contribution in [3.8, 4) is 0 Å². The quantitative estimate of drug-likeness (QED) is 0.705. The van der Waals surface area contributed by atoms with Gasteiger partial charge in [-0.2, -0.15) is 0 Å². The maximum atomic E-state index is 13.1. The summed E-state index contributed by atoms with van der Waals surface area (Å²) in [4.78, 5) is 23.7. The molecule has 5 nitrogen and oxygen atoms in total. The van der Waals surface area contributed by atoms with Gasteiger partial charge >= 0.3 is 5.97 Å². The number of fused-ring (bicyclic) bond motifs is 1. The van der Waals surface area contributed by atoms with Crippen LogP contribution in [0.3, 0.4) is 0 Å². The van der Waals surface area contributed by atoms with E-state index in [0.717, 1.165) is 17.5 Å². The summed E-state index contributed by atoms with van der Waals surface area (Å²) in [5.41, 5.74) is 0.524. The fourth-order valence-electron chi connectivity index (χ4n) is 2.41. The number of para-hydroxylation sites is 1. The van der Waals surface area contributed by atoms with Crippen LogP contribution >= 0.6 is 0 Å². The molecule has 0 aliphatic carbocycles. The SMILES string of the molecule is C[C@@H](NC(=O)COC(=O)c1ccc(F)c(F)c1)c1cc2ccccc2o1. The molecule has 1 aromatic heterocycles. The van der Waals surface area contributed by atoms with Gasteiger partial charge in [0.15, 0.2) is 18.2 Å². The number of amides is 1. The molecule has 0 aliphatic heterocycles. The zero-order valence-corrected chi connectivity index (χ0v) is 13.8. The van der Waals surface area contributed by atoms with Crippen LogP contribution < -0.4 is 5.32 Å². The molecule has 0 spiro atoms. The van der Waals surface area contributed by atoms with Crippen LogP contribution in [0.25, 0.3) is 11.0 Å². The highest BCUT2D eigenvalue weighted by atomic mass is 19.2. The first-order valence-electron chi connectivity index (χ1n) is 7.84. The van der Waals surface area contributed by atoms with E-state index in [1.165, 1.54) is 0 Å². The third-order valence-electron chi connectivity index (χ3n) is 3.74. The van der Waals surface area contributed by atoms with Gasteiger partial charge in [0.1, 0.15) is 11.3 Å². The molecule has 0 unspecified atom stereocenters. The Hall–Kier alpha value is -3.22. The lowest BCUT2D eigenvalue weighted by atomic mass is 10.2. The fourth-order valence-corrected chi connectivity index (χ4v) is 2.41. The monoisotopic (exact) mass is 359 g/mol. The number of halogens is 2. The Morgan fingerprint density at radius 3 is 2.62 bits per heavy atom. The molecule has 1 heterocycles. The van der Waals surface area contributed by atoms with Gasteiger partial charge in [-0.3, -0.25) is 4.79 Å². The van der Waals surface area contributed by atoms with E-state index in [9.17, 15) is 18.4 Å². The number of nitrogens with one attached hydrogen (secondary N) is 1. The maximum absolute atomic E-state index is 13.1. The molecule has 1 amide bonds. The van der Waals surface area contributed by atoms with Gasteiger partial charge in [-0.25, -0.2) is 13.6 Å². The number of hydrogen-bond acceptors (Lipinski definition) is 4. The summed E-state index contributed by atoms with van der Waals surface area (Å²) in [5, 5.41) is 3.55. The van der Waals surface area contributed by atoms with E-state index in [1.54, 1.807) is 6.92 Å². The molecule has 26 heavy (non-hydrogen) atoms. The van der Waals surface area contributed by atoms with Crippen molar-refractivity contribution in [2.24, 2.45) is 0 Å². The number of furan rings is 1. The van der Waals surface area contributed by atoms with Gasteiger partial charge in [0, 0.05) is 5.39 Å². The molecule has 0 radical (unpaired) electrons. The smallest absolute Gasteiger partial charge is 0.338 e. The first kappa shape index (κ1) is 17.6. The van der Waals surface area contributed by atoms with Gasteiger partial charge in [0.05, 0.1) is 11.6 Å². The molecule has 3 rings (SSSR count). The molecule has 134 valence electrons. The van der Waals surface area contributed by atoms with Crippen molar-refractivity contribution in [2.45, 2.75) is 13.0 Å². The number of rotatable bonds is 5. The second-order valence-corrected chi connectivity index (χ2v) is 5.68. The van der Waals surface area contributed by atoms with Gasteiger partial charge in [-0.15, -0.1) is 0 Å². The summed E-state index contributed by atoms with van der Waals surface area (Å²) in [6.45, 7) is 1.18. The van der Waals surface area contributed by atoms with Crippen LogP contribution in [0.2, 0.25) is 0 Å². The summed E-state index contributed by atoms with van der Waals surface area (Å²) >= 11 is 0. The molecule has 7 heteroatoms. The maximum Gasteiger partial charge on any atom is 0.338 e. The summed E-state index contributed by atoms with van der Waals surface area (Å²) < 4.78 is 36.4. The third-order valence-corrected chi connectivity index (χ3v) is 3.74. The number of esters is 1. The van der Waals surface area contributed by atoms with Crippen molar-refractivity contribution in [3.05, 3.63) is 71.5 Å². The van der Waals surface area contributed by atoms with Gasteiger partial charge in [-0.05, 0) is 37.3 Å². The van der Waals surface area contributed by atoms with Crippen molar-refractivity contribution < 1.29 is 27.5 Å². The normalized spacial score (nSPS) is 12.0. The van der Waals surface area contributed by atoms with E-state index in [2.05, 4.69) is 5.32 Å². The van der Waals surface area contributed by atoms with E-state index >= 15 is 0 Å². The van der Waals surface area contributed by atoms with E-state index in [0.29, 0.717) is 17.4 Å². The Morgan fingerprint density at radius 1 is 1.12 bits per heavy atom. The Labute approximate surface area is 147 Å². The molecule has 0 bridgehead atoms. The molecule has 0 saturated carbocycles. The van der Waals surface area contributed by atoms with Crippen molar-refractivity contribution in [2.75, 3.05) is 6.61 Å². The van der Waals surface area contributed by atoms with E-state index in [4.69, 9.17) is 9.15 Å². The number of ether oxygens (including phenoxy) is 1. The number of hydrogen-bond donors (Lipinski definition) is 1. The van der Waals surface area contributed by atoms with E-state index < -0.39 is 36.2 Å². The lowest BCUT2D eigenvalue weighted by molar-refractivity contribution is -0.125. The number of benzene rings is 2. The summed E-state index contributed by atoms with van der Waals surface area (Å²) in [7, 11) is 0. The zero-order valence-electron chi connectivity index (χ0n) is 13.8. The third kappa shape index (κ3) is 3.88. The second-order valence-electron chi connectivity index (χ2n) is 5.68. The van der Waals surface area contributed by atoms with Gasteiger partial charge < -0.3 is 14.5 Å². The van der Waals surface area contributed by atoms with Gasteiger partial charge in [0.2, 0.25) is 0 Å². The minimum atomic E-state index is -1.16. The molecule has 0 aliphatic rings. The summed E-state index contributed by atoms with van der Waals surface area (Å²) in [6.07, 6.45) is 0.